The molecule has 1 fully saturated rings. The highest BCUT2D eigenvalue weighted by Crippen LogP contribution is 2.26. The van der Waals surface area contributed by atoms with Gasteiger partial charge in [0.25, 0.3) is 0 Å². The topological polar surface area (TPSA) is 75.2 Å². The SMILES string of the molecule is CN=C(NCCCCC(=O)OC)NCC(c1ccc(OC)cc1)N1CCCC1. The lowest BCUT2D eigenvalue weighted by Crippen LogP contribution is -2.43. The van der Waals surface area contributed by atoms with E-state index >= 15 is 0 Å². The molecule has 156 valence electrons. The van der Waals surface area contributed by atoms with Gasteiger partial charge in [-0.3, -0.25) is 14.7 Å². The van der Waals surface area contributed by atoms with Gasteiger partial charge in [0.1, 0.15) is 5.75 Å². The monoisotopic (exact) mass is 390 g/mol. The zero-order valence-corrected chi connectivity index (χ0v) is 17.4. The van der Waals surface area contributed by atoms with Gasteiger partial charge in [0.05, 0.1) is 20.3 Å². The molecule has 1 atom stereocenters. The highest BCUT2D eigenvalue weighted by Gasteiger charge is 2.23. The van der Waals surface area contributed by atoms with E-state index in [0.29, 0.717) is 12.5 Å². The number of likely N-dealkylation sites (tertiary alicyclic amines) is 1. The summed E-state index contributed by atoms with van der Waals surface area (Å²) in [5.41, 5.74) is 1.28. The third-order valence-corrected chi connectivity index (χ3v) is 5.10. The molecule has 0 bridgehead atoms. The first-order valence-corrected chi connectivity index (χ1v) is 10.1. The second kappa shape index (κ2) is 12.2. The van der Waals surface area contributed by atoms with Crippen LogP contribution in [0.1, 0.15) is 43.7 Å². The zero-order chi connectivity index (χ0) is 20.2. The summed E-state index contributed by atoms with van der Waals surface area (Å²) in [6, 6.07) is 8.63. The van der Waals surface area contributed by atoms with Crippen LogP contribution in [0.2, 0.25) is 0 Å². The average Bonchev–Trinajstić information content (AvgIpc) is 3.26. The van der Waals surface area contributed by atoms with E-state index < -0.39 is 0 Å². The molecule has 1 unspecified atom stereocenters. The number of benzene rings is 1. The van der Waals surface area contributed by atoms with Crippen LogP contribution >= 0.6 is 0 Å². The number of hydrogen-bond acceptors (Lipinski definition) is 5. The largest absolute Gasteiger partial charge is 0.497 e. The fourth-order valence-corrected chi connectivity index (χ4v) is 3.45. The standard InChI is InChI=1S/C21H34N4O3/c1-22-21(23-13-5-4-8-20(26)28-3)24-16-19(25-14-6-7-15-25)17-9-11-18(27-2)12-10-17/h9-12,19H,4-8,13-16H2,1-3H3,(H2,22,23,24). The van der Waals surface area contributed by atoms with Crippen LogP contribution in [-0.2, 0) is 9.53 Å². The zero-order valence-electron chi connectivity index (χ0n) is 17.4. The van der Waals surface area contributed by atoms with Crippen molar-refractivity contribution < 1.29 is 14.3 Å². The Morgan fingerprint density at radius 3 is 2.46 bits per heavy atom. The van der Waals surface area contributed by atoms with E-state index in [-0.39, 0.29) is 5.97 Å². The van der Waals surface area contributed by atoms with Crippen molar-refractivity contribution in [2.45, 2.75) is 38.1 Å². The first-order chi connectivity index (χ1) is 13.7. The number of nitrogens with one attached hydrogen (secondary N) is 2. The van der Waals surface area contributed by atoms with E-state index in [1.165, 1.54) is 25.5 Å². The minimum Gasteiger partial charge on any atom is -0.497 e. The van der Waals surface area contributed by atoms with Crippen molar-refractivity contribution >= 4 is 11.9 Å². The number of guanidine groups is 1. The molecule has 1 aliphatic rings. The van der Waals surface area contributed by atoms with Crippen LogP contribution in [0.5, 0.6) is 5.75 Å². The van der Waals surface area contributed by atoms with E-state index in [2.05, 4.69) is 37.4 Å². The maximum atomic E-state index is 11.2. The highest BCUT2D eigenvalue weighted by molar-refractivity contribution is 5.79. The Labute approximate surface area is 168 Å². The molecule has 1 aromatic rings. The number of unbranched alkanes of at least 4 members (excludes halogenated alkanes) is 1. The van der Waals surface area contributed by atoms with Crippen molar-refractivity contribution in [2.24, 2.45) is 4.99 Å². The Kier molecular flexibility index (Phi) is 9.62. The van der Waals surface area contributed by atoms with Crippen molar-refractivity contribution in [2.75, 3.05) is 47.4 Å². The number of carbonyl (C=O) groups is 1. The molecular weight excluding hydrogens is 356 g/mol. The summed E-state index contributed by atoms with van der Waals surface area (Å²) in [4.78, 5) is 18.0. The number of nitrogens with zero attached hydrogens (tertiary/aromatic N) is 2. The number of aliphatic imine (C=N–C) groups is 1. The van der Waals surface area contributed by atoms with Gasteiger partial charge >= 0.3 is 5.97 Å². The predicted octanol–water partition coefficient (Wildman–Crippen LogP) is 2.34. The molecule has 0 saturated carbocycles. The second-order valence-electron chi connectivity index (χ2n) is 6.95. The molecule has 7 heteroatoms. The van der Waals surface area contributed by atoms with Crippen LogP contribution < -0.4 is 15.4 Å². The summed E-state index contributed by atoms with van der Waals surface area (Å²) in [5, 5.41) is 6.78. The van der Waals surface area contributed by atoms with Gasteiger partial charge in [0.15, 0.2) is 5.96 Å². The number of carbonyl (C=O) groups excluding carboxylic acids is 1. The third-order valence-electron chi connectivity index (χ3n) is 5.10. The van der Waals surface area contributed by atoms with Crippen LogP contribution in [0, 0.1) is 0 Å². The molecule has 2 rings (SSSR count). The minimum absolute atomic E-state index is 0.157. The lowest BCUT2D eigenvalue weighted by atomic mass is 10.1. The van der Waals surface area contributed by atoms with Crippen LogP contribution in [0.4, 0.5) is 0 Å². The molecule has 0 radical (unpaired) electrons. The lowest BCUT2D eigenvalue weighted by molar-refractivity contribution is -0.140. The maximum absolute atomic E-state index is 11.2. The normalized spacial score (nSPS) is 15.9. The van der Waals surface area contributed by atoms with Crippen molar-refractivity contribution in [1.82, 2.24) is 15.5 Å². The van der Waals surface area contributed by atoms with Crippen LogP contribution in [0.15, 0.2) is 29.3 Å². The molecule has 28 heavy (non-hydrogen) atoms. The molecule has 0 spiro atoms. The number of esters is 1. The van der Waals surface area contributed by atoms with Crippen LogP contribution in [0.3, 0.4) is 0 Å². The van der Waals surface area contributed by atoms with Crippen molar-refractivity contribution in [1.29, 1.82) is 0 Å². The number of rotatable bonds is 10. The summed E-state index contributed by atoms with van der Waals surface area (Å²) in [6.07, 6.45) is 4.65. The highest BCUT2D eigenvalue weighted by atomic mass is 16.5. The molecule has 0 amide bonds. The van der Waals surface area contributed by atoms with Gasteiger partial charge in [-0.05, 0) is 56.5 Å². The number of hydrogen-bond donors (Lipinski definition) is 2. The summed E-state index contributed by atoms with van der Waals surface area (Å²) < 4.78 is 9.95. The molecule has 1 heterocycles. The van der Waals surface area contributed by atoms with E-state index in [1.54, 1.807) is 14.2 Å². The van der Waals surface area contributed by atoms with Gasteiger partial charge in [0, 0.05) is 26.6 Å². The Morgan fingerprint density at radius 1 is 1.14 bits per heavy atom. The van der Waals surface area contributed by atoms with Gasteiger partial charge in [-0.25, -0.2) is 0 Å². The van der Waals surface area contributed by atoms with Gasteiger partial charge in [-0.1, -0.05) is 12.1 Å². The average molecular weight is 391 g/mol. The lowest BCUT2D eigenvalue weighted by Gasteiger charge is -2.29. The fraction of sp³-hybridized carbons (Fsp3) is 0.619. The van der Waals surface area contributed by atoms with E-state index in [0.717, 1.165) is 50.7 Å². The third kappa shape index (κ3) is 7.03. The first kappa shape index (κ1) is 22.0. The van der Waals surface area contributed by atoms with Crippen molar-refractivity contribution in [3.63, 3.8) is 0 Å². The van der Waals surface area contributed by atoms with Gasteiger partial charge in [0.2, 0.25) is 0 Å². The fourth-order valence-electron chi connectivity index (χ4n) is 3.45. The Balaban J connectivity index is 1.85. The molecule has 1 aliphatic heterocycles. The maximum Gasteiger partial charge on any atom is 0.305 e. The Morgan fingerprint density at radius 2 is 1.86 bits per heavy atom. The second-order valence-corrected chi connectivity index (χ2v) is 6.95. The summed E-state index contributed by atoms with van der Waals surface area (Å²) in [7, 11) is 4.89. The van der Waals surface area contributed by atoms with Crippen molar-refractivity contribution in [3.05, 3.63) is 29.8 Å². The predicted molar refractivity (Wildman–Crippen MR) is 112 cm³/mol. The van der Waals surface area contributed by atoms with E-state index in [1.807, 2.05) is 12.1 Å². The molecule has 0 aromatic heterocycles. The Hall–Kier alpha value is -2.28. The van der Waals surface area contributed by atoms with E-state index in [4.69, 9.17) is 4.74 Å². The quantitative estimate of drug-likeness (QED) is 0.276. The van der Waals surface area contributed by atoms with Crippen LogP contribution in [-0.4, -0.2) is 64.3 Å². The first-order valence-electron chi connectivity index (χ1n) is 10.1. The molecule has 1 aromatic carbocycles. The van der Waals surface area contributed by atoms with Gasteiger partial charge in [-0.15, -0.1) is 0 Å². The molecule has 0 aliphatic carbocycles. The number of methoxy groups -OCH3 is 2. The molecule has 7 nitrogen and oxygen atoms in total. The van der Waals surface area contributed by atoms with E-state index in [9.17, 15) is 4.79 Å². The Bertz CT molecular complexity index is 613. The molecule has 1 saturated heterocycles. The van der Waals surface area contributed by atoms with Crippen molar-refractivity contribution in [3.8, 4) is 5.75 Å². The van der Waals surface area contributed by atoms with Gasteiger partial charge in [-0.2, -0.15) is 0 Å². The minimum atomic E-state index is -0.157. The number of ether oxygens (including phenoxy) is 2. The summed E-state index contributed by atoms with van der Waals surface area (Å²) in [6.45, 7) is 3.80. The molecule has 2 N–H and O–H groups in total. The summed E-state index contributed by atoms with van der Waals surface area (Å²) in [5.74, 6) is 1.51. The van der Waals surface area contributed by atoms with Gasteiger partial charge < -0.3 is 20.1 Å². The smallest absolute Gasteiger partial charge is 0.305 e. The summed E-state index contributed by atoms with van der Waals surface area (Å²) >= 11 is 0. The van der Waals surface area contributed by atoms with Crippen LogP contribution in [0.25, 0.3) is 0 Å². The molecular formula is C21H34N4O3.